The second kappa shape index (κ2) is 6.26. The number of pyridine rings is 1. The molecule has 112 valence electrons. The molecule has 1 aliphatic rings. The molecule has 1 saturated heterocycles. The molecule has 0 spiro atoms. The van der Waals surface area contributed by atoms with Crippen LogP contribution < -0.4 is 10.9 Å². The van der Waals surface area contributed by atoms with Gasteiger partial charge in [0.2, 0.25) is 0 Å². The molecular weight excluding hydrogens is 264 g/mol. The summed E-state index contributed by atoms with van der Waals surface area (Å²) >= 11 is 0. The van der Waals surface area contributed by atoms with Crippen LogP contribution in [0.4, 0.5) is 5.82 Å². The van der Waals surface area contributed by atoms with Gasteiger partial charge in [0.15, 0.2) is 0 Å². The Bertz CT molecular complexity index is 661. The average molecular weight is 286 g/mol. The highest BCUT2D eigenvalue weighted by Crippen LogP contribution is 2.11. The molecule has 3 heterocycles. The molecule has 1 fully saturated rings. The maximum atomic E-state index is 12.0. The normalized spacial score (nSPS) is 17.2. The van der Waals surface area contributed by atoms with Crippen molar-refractivity contribution in [1.82, 2.24) is 14.3 Å². The molecule has 0 bridgehead atoms. The van der Waals surface area contributed by atoms with E-state index >= 15 is 0 Å². The molecule has 1 atom stereocenters. The molecule has 21 heavy (non-hydrogen) atoms. The third kappa shape index (κ3) is 3.42. The maximum Gasteiger partial charge on any atom is 0.259 e. The molecule has 0 unspecified atom stereocenters. The van der Waals surface area contributed by atoms with Crippen molar-refractivity contribution in [3.63, 3.8) is 0 Å². The van der Waals surface area contributed by atoms with Gasteiger partial charge in [-0.25, -0.2) is 4.98 Å². The largest absolute Gasteiger partial charge is 0.370 e. The number of nitrogens with one attached hydrogen (secondary N) is 1. The Hall–Kier alpha value is -1.88. The van der Waals surface area contributed by atoms with Crippen molar-refractivity contribution in [3.05, 3.63) is 40.8 Å². The van der Waals surface area contributed by atoms with E-state index in [9.17, 15) is 4.79 Å². The Morgan fingerprint density at radius 1 is 1.33 bits per heavy atom. The fraction of sp³-hybridized carbons (Fsp3) is 0.500. The standard InChI is InChI=1S/C16H22N4O/c1-13(12-19-7-4-5-8-19)11-17-14-10-16(21)20-9-3-2-6-15(20)18-14/h2-3,6,9-10,13,17H,4-5,7-8,11-12H2,1H3/t13-/m0/s1. The highest BCUT2D eigenvalue weighted by Gasteiger charge is 2.14. The lowest BCUT2D eigenvalue weighted by atomic mass is 10.1. The van der Waals surface area contributed by atoms with Gasteiger partial charge in [0, 0.05) is 25.4 Å². The zero-order valence-corrected chi connectivity index (χ0v) is 12.5. The Kier molecular flexibility index (Phi) is 4.20. The first-order valence-electron chi connectivity index (χ1n) is 7.67. The van der Waals surface area contributed by atoms with Gasteiger partial charge in [-0.3, -0.25) is 9.20 Å². The van der Waals surface area contributed by atoms with Crippen LogP contribution in [0.2, 0.25) is 0 Å². The van der Waals surface area contributed by atoms with Crippen LogP contribution in [0, 0.1) is 5.92 Å². The van der Waals surface area contributed by atoms with Crippen LogP contribution in [0.3, 0.4) is 0 Å². The Morgan fingerprint density at radius 3 is 2.95 bits per heavy atom. The molecule has 0 aliphatic carbocycles. The number of aromatic nitrogens is 2. The van der Waals surface area contributed by atoms with Gasteiger partial charge in [-0.2, -0.15) is 0 Å². The first-order chi connectivity index (χ1) is 10.2. The van der Waals surface area contributed by atoms with Crippen LogP contribution in [0.5, 0.6) is 0 Å². The molecule has 2 aromatic heterocycles. The van der Waals surface area contributed by atoms with Crippen molar-refractivity contribution in [2.75, 3.05) is 31.5 Å². The van der Waals surface area contributed by atoms with Crippen LogP contribution in [0.15, 0.2) is 35.3 Å². The summed E-state index contributed by atoms with van der Waals surface area (Å²) in [5.74, 6) is 1.21. The lowest BCUT2D eigenvalue weighted by Crippen LogP contribution is -2.29. The van der Waals surface area contributed by atoms with Crippen molar-refractivity contribution in [3.8, 4) is 0 Å². The number of nitrogens with zero attached hydrogens (tertiary/aromatic N) is 3. The Morgan fingerprint density at radius 2 is 2.14 bits per heavy atom. The van der Waals surface area contributed by atoms with E-state index < -0.39 is 0 Å². The lowest BCUT2D eigenvalue weighted by molar-refractivity contribution is 0.294. The molecule has 0 saturated carbocycles. The van der Waals surface area contributed by atoms with Gasteiger partial charge in [-0.1, -0.05) is 13.0 Å². The highest BCUT2D eigenvalue weighted by molar-refractivity contribution is 5.46. The van der Waals surface area contributed by atoms with E-state index in [-0.39, 0.29) is 5.56 Å². The van der Waals surface area contributed by atoms with E-state index in [1.165, 1.54) is 25.9 Å². The molecular formula is C16H22N4O. The number of hydrogen-bond acceptors (Lipinski definition) is 4. The van der Waals surface area contributed by atoms with Crippen molar-refractivity contribution in [1.29, 1.82) is 0 Å². The summed E-state index contributed by atoms with van der Waals surface area (Å²) in [6.45, 7) is 6.63. The smallest absolute Gasteiger partial charge is 0.259 e. The van der Waals surface area contributed by atoms with E-state index in [1.54, 1.807) is 16.7 Å². The van der Waals surface area contributed by atoms with E-state index in [0.29, 0.717) is 17.4 Å². The van der Waals surface area contributed by atoms with Gasteiger partial charge in [-0.05, 0) is 44.0 Å². The SMILES string of the molecule is C[C@@H](CNc1cc(=O)n2ccccc2n1)CN1CCCC1. The van der Waals surface area contributed by atoms with Crippen LogP contribution in [-0.2, 0) is 0 Å². The molecule has 3 rings (SSSR count). The monoisotopic (exact) mass is 286 g/mol. The first-order valence-corrected chi connectivity index (χ1v) is 7.67. The topological polar surface area (TPSA) is 49.6 Å². The van der Waals surface area contributed by atoms with Crippen molar-refractivity contribution in [2.24, 2.45) is 5.92 Å². The number of anilines is 1. The summed E-state index contributed by atoms with van der Waals surface area (Å²) in [6.07, 6.45) is 4.39. The molecule has 1 aliphatic heterocycles. The fourth-order valence-corrected chi connectivity index (χ4v) is 2.89. The summed E-state index contributed by atoms with van der Waals surface area (Å²) in [4.78, 5) is 19.0. The molecule has 0 amide bonds. The predicted octanol–water partition coefficient (Wildman–Crippen LogP) is 1.84. The van der Waals surface area contributed by atoms with E-state index in [4.69, 9.17) is 0 Å². The van der Waals surface area contributed by atoms with Crippen molar-refractivity contribution < 1.29 is 0 Å². The number of hydrogen-bond donors (Lipinski definition) is 1. The minimum atomic E-state index is -0.0460. The number of fused-ring (bicyclic) bond motifs is 1. The van der Waals surface area contributed by atoms with Gasteiger partial charge < -0.3 is 10.2 Å². The molecule has 1 N–H and O–H groups in total. The number of rotatable bonds is 5. The first kappa shape index (κ1) is 14.1. The minimum absolute atomic E-state index is 0.0460. The summed E-state index contributed by atoms with van der Waals surface area (Å²) < 4.78 is 1.55. The molecule has 5 nitrogen and oxygen atoms in total. The van der Waals surface area contributed by atoms with Gasteiger partial charge in [0.25, 0.3) is 5.56 Å². The highest BCUT2D eigenvalue weighted by atomic mass is 16.1. The van der Waals surface area contributed by atoms with Gasteiger partial charge >= 0.3 is 0 Å². The average Bonchev–Trinajstić information content (AvgIpc) is 2.98. The lowest BCUT2D eigenvalue weighted by Gasteiger charge is -2.20. The minimum Gasteiger partial charge on any atom is -0.370 e. The molecule has 5 heteroatoms. The quantitative estimate of drug-likeness (QED) is 0.911. The maximum absolute atomic E-state index is 12.0. The summed E-state index contributed by atoms with van der Waals surface area (Å²) in [5, 5.41) is 3.30. The Balaban J connectivity index is 1.63. The third-order valence-corrected chi connectivity index (χ3v) is 3.97. The summed E-state index contributed by atoms with van der Waals surface area (Å²) in [5.41, 5.74) is 0.634. The van der Waals surface area contributed by atoms with E-state index in [1.807, 2.05) is 18.2 Å². The van der Waals surface area contributed by atoms with Crippen LogP contribution in [0.25, 0.3) is 5.65 Å². The van der Waals surface area contributed by atoms with Gasteiger partial charge in [-0.15, -0.1) is 0 Å². The van der Waals surface area contributed by atoms with E-state index in [0.717, 1.165) is 13.1 Å². The van der Waals surface area contributed by atoms with Crippen molar-refractivity contribution in [2.45, 2.75) is 19.8 Å². The second-order valence-corrected chi connectivity index (χ2v) is 5.90. The van der Waals surface area contributed by atoms with Gasteiger partial charge in [0.1, 0.15) is 11.5 Å². The zero-order chi connectivity index (χ0) is 14.7. The molecule has 0 radical (unpaired) electrons. The van der Waals surface area contributed by atoms with Crippen LogP contribution in [-0.4, -0.2) is 40.5 Å². The Labute approximate surface area is 124 Å². The van der Waals surface area contributed by atoms with E-state index in [2.05, 4.69) is 22.1 Å². The van der Waals surface area contributed by atoms with Crippen LogP contribution in [0.1, 0.15) is 19.8 Å². The zero-order valence-electron chi connectivity index (χ0n) is 12.5. The second-order valence-electron chi connectivity index (χ2n) is 5.90. The van der Waals surface area contributed by atoms with Crippen LogP contribution >= 0.6 is 0 Å². The number of likely N-dealkylation sites (tertiary alicyclic amines) is 1. The molecule has 0 aromatic carbocycles. The fourth-order valence-electron chi connectivity index (χ4n) is 2.89. The third-order valence-electron chi connectivity index (χ3n) is 3.97. The summed E-state index contributed by atoms with van der Waals surface area (Å²) in [7, 11) is 0. The van der Waals surface area contributed by atoms with Crippen molar-refractivity contribution >= 4 is 11.5 Å². The summed E-state index contributed by atoms with van der Waals surface area (Å²) in [6, 6.07) is 7.14. The molecule has 2 aromatic rings. The van der Waals surface area contributed by atoms with Gasteiger partial charge in [0.05, 0.1) is 0 Å². The predicted molar refractivity (Wildman–Crippen MR) is 84.8 cm³/mol.